The number of furan rings is 1. The van der Waals surface area contributed by atoms with Crippen LogP contribution in [-0.4, -0.2) is 35.4 Å². The van der Waals surface area contributed by atoms with Gasteiger partial charge in [0.25, 0.3) is 11.7 Å². The quantitative estimate of drug-likeness (QED) is 0.324. The number of rotatable bonds is 7. The van der Waals surface area contributed by atoms with E-state index in [1.54, 1.807) is 30.3 Å². The molecule has 4 rings (SSSR count). The summed E-state index contributed by atoms with van der Waals surface area (Å²) >= 11 is 0. The van der Waals surface area contributed by atoms with Gasteiger partial charge in [0.15, 0.2) is 11.5 Å². The number of methoxy groups -OCH3 is 1. The number of halogens is 1. The number of aliphatic hydroxyl groups is 1. The number of carbonyl (C=O) groups excluding carboxylic acids is 2. The van der Waals surface area contributed by atoms with Crippen molar-refractivity contribution >= 4 is 17.4 Å². The van der Waals surface area contributed by atoms with Gasteiger partial charge in [-0.15, -0.1) is 0 Å². The van der Waals surface area contributed by atoms with Crippen LogP contribution in [0.4, 0.5) is 4.39 Å². The zero-order chi connectivity index (χ0) is 23.5. The minimum Gasteiger partial charge on any atom is -0.507 e. The molecule has 7 nitrogen and oxygen atoms in total. The molecular formula is C25H22FNO6. The number of nitrogens with zero attached hydrogens (tertiary/aromatic N) is 1. The van der Waals surface area contributed by atoms with Crippen LogP contribution in [0, 0.1) is 5.82 Å². The van der Waals surface area contributed by atoms with E-state index in [1.807, 2.05) is 6.92 Å². The van der Waals surface area contributed by atoms with Crippen LogP contribution in [-0.2, 0) is 16.1 Å². The van der Waals surface area contributed by atoms with Crippen molar-refractivity contribution in [3.8, 4) is 11.5 Å². The first kappa shape index (κ1) is 22.1. The van der Waals surface area contributed by atoms with E-state index in [4.69, 9.17) is 13.9 Å². The van der Waals surface area contributed by atoms with Crippen molar-refractivity contribution in [3.63, 3.8) is 0 Å². The molecule has 170 valence electrons. The van der Waals surface area contributed by atoms with E-state index in [1.165, 1.54) is 42.5 Å². The highest BCUT2D eigenvalue weighted by Crippen LogP contribution is 2.42. The first-order chi connectivity index (χ1) is 15.9. The lowest BCUT2D eigenvalue weighted by Crippen LogP contribution is -2.29. The standard InChI is InChI=1S/C25H22FNO6/c1-3-32-19-11-8-16(13-20(19)31-2)22-21(23(28)15-6-9-17(26)10-7-15)24(29)25(30)27(22)14-18-5-4-12-33-18/h4-13,22,28H,3,14H2,1-2H3. The monoisotopic (exact) mass is 451 g/mol. The molecular weight excluding hydrogens is 429 g/mol. The Morgan fingerprint density at radius 3 is 2.52 bits per heavy atom. The highest BCUT2D eigenvalue weighted by atomic mass is 19.1. The van der Waals surface area contributed by atoms with Crippen LogP contribution < -0.4 is 9.47 Å². The predicted octanol–water partition coefficient (Wildman–Crippen LogP) is 4.45. The van der Waals surface area contributed by atoms with Gasteiger partial charge in [-0.2, -0.15) is 0 Å². The summed E-state index contributed by atoms with van der Waals surface area (Å²) < 4.78 is 29.8. The molecule has 33 heavy (non-hydrogen) atoms. The third-order valence-corrected chi connectivity index (χ3v) is 5.37. The molecule has 1 N–H and O–H groups in total. The van der Waals surface area contributed by atoms with Gasteiger partial charge in [0.05, 0.1) is 38.1 Å². The van der Waals surface area contributed by atoms with Gasteiger partial charge in [0.1, 0.15) is 17.3 Å². The lowest BCUT2D eigenvalue weighted by molar-refractivity contribution is -0.140. The molecule has 8 heteroatoms. The van der Waals surface area contributed by atoms with E-state index in [0.717, 1.165) is 0 Å². The van der Waals surface area contributed by atoms with Gasteiger partial charge >= 0.3 is 0 Å². The Balaban J connectivity index is 1.87. The largest absolute Gasteiger partial charge is 0.507 e. The molecule has 1 aliphatic heterocycles. The molecule has 1 amide bonds. The first-order valence-electron chi connectivity index (χ1n) is 10.3. The second-order valence-corrected chi connectivity index (χ2v) is 7.36. The van der Waals surface area contributed by atoms with E-state index in [0.29, 0.717) is 29.4 Å². The van der Waals surface area contributed by atoms with Crippen LogP contribution in [0.3, 0.4) is 0 Å². The number of aliphatic hydroxyl groups excluding tert-OH is 1. The molecule has 2 heterocycles. The summed E-state index contributed by atoms with van der Waals surface area (Å²) in [6.45, 7) is 2.28. The summed E-state index contributed by atoms with van der Waals surface area (Å²) in [6.07, 6.45) is 1.47. The number of hydrogen-bond donors (Lipinski definition) is 1. The normalized spacial score (nSPS) is 17.4. The molecule has 1 fully saturated rings. The van der Waals surface area contributed by atoms with E-state index >= 15 is 0 Å². The van der Waals surface area contributed by atoms with E-state index in [9.17, 15) is 19.1 Å². The number of ether oxygens (including phenoxy) is 2. The van der Waals surface area contributed by atoms with Crippen molar-refractivity contribution in [2.45, 2.75) is 19.5 Å². The molecule has 0 radical (unpaired) electrons. The van der Waals surface area contributed by atoms with Gasteiger partial charge < -0.3 is 23.9 Å². The number of benzene rings is 2. The molecule has 0 saturated carbocycles. The predicted molar refractivity (Wildman–Crippen MR) is 117 cm³/mol. The summed E-state index contributed by atoms with van der Waals surface area (Å²) in [7, 11) is 1.49. The third kappa shape index (κ3) is 4.19. The van der Waals surface area contributed by atoms with Gasteiger partial charge in [-0.3, -0.25) is 9.59 Å². The first-order valence-corrected chi connectivity index (χ1v) is 10.3. The number of hydrogen-bond acceptors (Lipinski definition) is 6. The fourth-order valence-corrected chi connectivity index (χ4v) is 3.85. The van der Waals surface area contributed by atoms with Crippen LogP contribution in [0.25, 0.3) is 5.76 Å². The molecule has 1 saturated heterocycles. The maximum atomic E-state index is 13.4. The van der Waals surface area contributed by atoms with Gasteiger partial charge in [0, 0.05) is 5.56 Å². The Kier molecular flexibility index (Phi) is 6.17. The second kappa shape index (κ2) is 9.20. The average Bonchev–Trinajstić information content (AvgIpc) is 3.42. The van der Waals surface area contributed by atoms with Crippen LogP contribution in [0.15, 0.2) is 70.9 Å². The average molecular weight is 451 g/mol. The number of amides is 1. The van der Waals surface area contributed by atoms with Crippen LogP contribution in [0.2, 0.25) is 0 Å². The molecule has 1 atom stereocenters. The molecule has 0 spiro atoms. The van der Waals surface area contributed by atoms with Gasteiger partial charge in [0.2, 0.25) is 0 Å². The van der Waals surface area contributed by atoms with Crippen LogP contribution in [0.1, 0.15) is 29.9 Å². The SMILES string of the molecule is CCOc1ccc(C2C(=C(O)c3ccc(F)cc3)C(=O)C(=O)N2Cc2ccco2)cc1OC. The number of ketones is 1. The van der Waals surface area contributed by atoms with Crippen molar-refractivity contribution in [1.29, 1.82) is 0 Å². The smallest absolute Gasteiger partial charge is 0.296 e. The fourth-order valence-electron chi connectivity index (χ4n) is 3.85. The lowest BCUT2D eigenvalue weighted by atomic mass is 9.95. The summed E-state index contributed by atoms with van der Waals surface area (Å²) in [6, 6.07) is 12.5. The highest BCUT2D eigenvalue weighted by Gasteiger charge is 2.46. The van der Waals surface area contributed by atoms with Crippen molar-refractivity contribution < 1.29 is 33.0 Å². The van der Waals surface area contributed by atoms with E-state index < -0.39 is 29.3 Å². The Labute approximate surface area is 189 Å². The molecule has 1 aromatic heterocycles. The summed E-state index contributed by atoms with van der Waals surface area (Å²) in [4.78, 5) is 27.4. The van der Waals surface area contributed by atoms with E-state index in [-0.39, 0.29) is 17.7 Å². The summed E-state index contributed by atoms with van der Waals surface area (Å²) in [5.74, 6) is -1.12. The number of Topliss-reactive ketones (excluding diaryl/α,β-unsaturated/α-hetero) is 1. The number of carbonyl (C=O) groups is 2. The topological polar surface area (TPSA) is 89.2 Å². The highest BCUT2D eigenvalue weighted by molar-refractivity contribution is 6.46. The zero-order valence-corrected chi connectivity index (χ0v) is 18.1. The van der Waals surface area contributed by atoms with Crippen LogP contribution >= 0.6 is 0 Å². The minimum atomic E-state index is -0.926. The lowest BCUT2D eigenvalue weighted by Gasteiger charge is -2.25. The van der Waals surface area contributed by atoms with Crippen molar-refractivity contribution in [2.24, 2.45) is 0 Å². The van der Waals surface area contributed by atoms with Gasteiger partial charge in [-0.1, -0.05) is 6.07 Å². The molecule has 1 aliphatic rings. The third-order valence-electron chi connectivity index (χ3n) is 5.37. The van der Waals surface area contributed by atoms with Gasteiger partial charge in [-0.05, 0) is 61.0 Å². The van der Waals surface area contributed by atoms with Crippen molar-refractivity contribution in [2.75, 3.05) is 13.7 Å². The molecule has 1 unspecified atom stereocenters. The molecule has 0 bridgehead atoms. The maximum absolute atomic E-state index is 13.4. The Bertz CT molecular complexity index is 1200. The molecule has 0 aliphatic carbocycles. The van der Waals surface area contributed by atoms with E-state index in [2.05, 4.69) is 0 Å². The van der Waals surface area contributed by atoms with Crippen LogP contribution in [0.5, 0.6) is 11.5 Å². The van der Waals surface area contributed by atoms with Gasteiger partial charge in [-0.25, -0.2) is 4.39 Å². The van der Waals surface area contributed by atoms with Crippen molar-refractivity contribution in [1.82, 2.24) is 4.90 Å². The summed E-state index contributed by atoms with van der Waals surface area (Å²) in [5.41, 5.74) is 0.643. The Morgan fingerprint density at radius 1 is 1.12 bits per heavy atom. The summed E-state index contributed by atoms with van der Waals surface area (Å²) in [5, 5.41) is 11.0. The Morgan fingerprint density at radius 2 is 1.88 bits per heavy atom. The molecule has 3 aromatic rings. The Hall–Kier alpha value is -4.07. The minimum absolute atomic E-state index is 0.0119. The maximum Gasteiger partial charge on any atom is 0.296 e. The molecule has 2 aromatic carbocycles. The zero-order valence-electron chi connectivity index (χ0n) is 18.1. The fraction of sp³-hybridized carbons (Fsp3) is 0.200. The number of likely N-dealkylation sites (tertiary alicyclic amines) is 1. The van der Waals surface area contributed by atoms with Crippen molar-refractivity contribution in [3.05, 3.63) is 89.1 Å². The second-order valence-electron chi connectivity index (χ2n) is 7.36.